The SMILES string of the molecule is CS(=O)(=O)Oc1cccc(CNc2c(Nc3ccc4[nH]cnc4c3)c(=O)c2=O)c1. The van der Waals surface area contributed by atoms with Crippen molar-refractivity contribution >= 4 is 38.2 Å². The van der Waals surface area contributed by atoms with E-state index in [4.69, 9.17) is 4.18 Å². The van der Waals surface area contributed by atoms with Gasteiger partial charge in [-0.3, -0.25) is 9.59 Å². The highest BCUT2D eigenvalue weighted by Gasteiger charge is 2.21. The molecule has 0 saturated carbocycles. The molecule has 1 aromatic heterocycles. The van der Waals surface area contributed by atoms with E-state index in [0.29, 0.717) is 11.3 Å². The van der Waals surface area contributed by atoms with Gasteiger partial charge < -0.3 is 19.8 Å². The van der Waals surface area contributed by atoms with Crippen LogP contribution < -0.4 is 25.7 Å². The maximum atomic E-state index is 12.0. The molecular weight excluding hydrogens is 396 g/mol. The summed E-state index contributed by atoms with van der Waals surface area (Å²) in [4.78, 5) is 31.1. The summed E-state index contributed by atoms with van der Waals surface area (Å²) < 4.78 is 27.3. The Hall–Kier alpha value is -3.66. The first-order valence-corrected chi connectivity index (χ1v) is 10.4. The minimum atomic E-state index is -3.64. The number of hydrogen-bond donors (Lipinski definition) is 3. The van der Waals surface area contributed by atoms with Crippen LogP contribution in [0.15, 0.2) is 58.4 Å². The first kappa shape index (κ1) is 18.7. The summed E-state index contributed by atoms with van der Waals surface area (Å²) in [6.45, 7) is 0.207. The van der Waals surface area contributed by atoms with E-state index in [0.717, 1.165) is 17.3 Å². The van der Waals surface area contributed by atoms with Crippen molar-refractivity contribution in [2.24, 2.45) is 0 Å². The second kappa shape index (κ2) is 7.06. The first-order chi connectivity index (χ1) is 13.8. The molecular formula is C19H16N4O5S. The van der Waals surface area contributed by atoms with Crippen molar-refractivity contribution in [2.75, 3.05) is 16.9 Å². The maximum Gasteiger partial charge on any atom is 0.306 e. The molecule has 0 radical (unpaired) electrons. The molecule has 4 rings (SSSR count). The molecule has 0 spiro atoms. The van der Waals surface area contributed by atoms with Crippen LogP contribution in [0, 0.1) is 0 Å². The molecule has 0 aliphatic rings. The van der Waals surface area contributed by atoms with Crippen LogP contribution in [0.25, 0.3) is 11.0 Å². The van der Waals surface area contributed by atoms with Crippen molar-refractivity contribution < 1.29 is 12.6 Å². The van der Waals surface area contributed by atoms with Gasteiger partial charge in [0.2, 0.25) is 0 Å². The van der Waals surface area contributed by atoms with E-state index in [1.807, 2.05) is 6.07 Å². The third-order valence-corrected chi connectivity index (χ3v) is 4.71. The summed E-state index contributed by atoms with van der Waals surface area (Å²) >= 11 is 0. The van der Waals surface area contributed by atoms with E-state index in [2.05, 4.69) is 20.6 Å². The highest BCUT2D eigenvalue weighted by atomic mass is 32.2. The number of hydrogen-bond acceptors (Lipinski definition) is 8. The second-order valence-corrected chi connectivity index (χ2v) is 8.03. The maximum absolute atomic E-state index is 12.0. The minimum Gasteiger partial charge on any atom is -0.383 e. The standard InChI is InChI=1S/C19H16N4O5S/c1-29(26,27)28-13-4-2-3-11(7-13)9-20-16-17(19(25)18(16)24)23-12-5-6-14-15(8-12)22-10-21-14/h2-8,10,20,23H,9H2,1H3,(H,21,22). The molecule has 0 amide bonds. The fourth-order valence-corrected chi connectivity index (χ4v) is 3.36. The van der Waals surface area contributed by atoms with Crippen molar-refractivity contribution in [2.45, 2.75) is 6.54 Å². The van der Waals surface area contributed by atoms with E-state index in [1.54, 1.807) is 30.6 Å². The van der Waals surface area contributed by atoms with Crippen molar-refractivity contribution in [3.63, 3.8) is 0 Å². The average molecular weight is 412 g/mol. The smallest absolute Gasteiger partial charge is 0.306 e. The van der Waals surface area contributed by atoms with Gasteiger partial charge in [-0.15, -0.1) is 0 Å². The largest absolute Gasteiger partial charge is 0.383 e. The van der Waals surface area contributed by atoms with Crippen LogP contribution in [-0.2, 0) is 16.7 Å². The number of nitrogens with zero attached hydrogens (tertiary/aromatic N) is 1. The molecule has 1 heterocycles. The fraction of sp³-hybridized carbons (Fsp3) is 0.105. The van der Waals surface area contributed by atoms with Crippen LogP contribution in [0.1, 0.15) is 5.56 Å². The van der Waals surface area contributed by atoms with Gasteiger partial charge in [0.15, 0.2) is 0 Å². The van der Waals surface area contributed by atoms with Gasteiger partial charge in [0.05, 0.1) is 23.6 Å². The lowest BCUT2D eigenvalue weighted by Crippen LogP contribution is -2.36. The van der Waals surface area contributed by atoms with Crippen molar-refractivity contribution in [3.8, 4) is 5.75 Å². The topological polar surface area (TPSA) is 130 Å². The average Bonchev–Trinajstić information content (AvgIpc) is 3.13. The molecule has 0 saturated heterocycles. The molecule has 29 heavy (non-hydrogen) atoms. The number of benzene rings is 2. The Morgan fingerprint density at radius 3 is 2.66 bits per heavy atom. The second-order valence-electron chi connectivity index (χ2n) is 6.46. The number of aromatic amines is 1. The summed E-state index contributed by atoms with van der Waals surface area (Å²) in [5.74, 6) is 0.169. The Labute approximate surface area is 165 Å². The molecule has 3 N–H and O–H groups in total. The van der Waals surface area contributed by atoms with Gasteiger partial charge in [0, 0.05) is 12.2 Å². The first-order valence-electron chi connectivity index (χ1n) is 8.56. The van der Waals surface area contributed by atoms with E-state index in [-0.39, 0.29) is 23.7 Å². The number of aromatic nitrogens is 2. The number of H-pyrrole nitrogens is 1. The van der Waals surface area contributed by atoms with Gasteiger partial charge >= 0.3 is 10.1 Å². The number of anilines is 3. The number of imidazole rings is 1. The quantitative estimate of drug-likeness (QED) is 0.310. The molecule has 4 aromatic rings. The Bertz CT molecular complexity index is 1380. The molecule has 0 atom stereocenters. The summed E-state index contributed by atoms with van der Waals surface area (Å²) in [7, 11) is -3.64. The zero-order chi connectivity index (χ0) is 20.6. The molecule has 0 fully saturated rings. The third-order valence-electron chi connectivity index (χ3n) is 4.22. The molecule has 10 heteroatoms. The Morgan fingerprint density at radius 2 is 1.86 bits per heavy atom. The van der Waals surface area contributed by atoms with Gasteiger partial charge in [-0.1, -0.05) is 12.1 Å². The monoisotopic (exact) mass is 412 g/mol. The number of fused-ring (bicyclic) bond motifs is 1. The van der Waals surface area contributed by atoms with E-state index < -0.39 is 21.0 Å². The molecule has 3 aromatic carbocycles. The lowest BCUT2D eigenvalue weighted by Gasteiger charge is -2.15. The van der Waals surface area contributed by atoms with E-state index in [9.17, 15) is 18.0 Å². The van der Waals surface area contributed by atoms with Crippen LogP contribution >= 0.6 is 0 Å². The van der Waals surface area contributed by atoms with Crippen molar-refractivity contribution in [3.05, 3.63) is 74.8 Å². The van der Waals surface area contributed by atoms with Crippen molar-refractivity contribution in [1.82, 2.24) is 9.97 Å². The van der Waals surface area contributed by atoms with Crippen LogP contribution in [0.2, 0.25) is 0 Å². The van der Waals surface area contributed by atoms with Gasteiger partial charge in [-0.05, 0) is 35.9 Å². The Morgan fingerprint density at radius 1 is 1.07 bits per heavy atom. The highest BCUT2D eigenvalue weighted by Crippen LogP contribution is 2.24. The van der Waals surface area contributed by atoms with Crippen LogP contribution in [0.4, 0.5) is 17.1 Å². The van der Waals surface area contributed by atoms with Gasteiger partial charge in [-0.2, -0.15) is 8.42 Å². The van der Waals surface area contributed by atoms with Crippen molar-refractivity contribution in [1.29, 1.82) is 0 Å². The lowest BCUT2D eigenvalue weighted by molar-refractivity contribution is 0.492. The summed E-state index contributed by atoms with van der Waals surface area (Å²) in [5, 5.41) is 5.89. The summed E-state index contributed by atoms with van der Waals surface area (Å²) in [6, 6.07) is 11.8. The van der Waals surface area contributed by atoms with E-state index in [1.165, 1.54) is 12.1 Å². The lowest BCUT2D eigenvalue weighted by atomic mass is 10.1. The minimum absolute atomic E-state index is 0.169. The van der Waals surface area contributed by atoms with E-state index >= 15 is 0 Å². The fourth-order valence-electron chi connectivity index (χ4n) is 2.91. The molecule has 0 unspecified atom stereocenters. The highest BCUT2D eigenvalue weighted by molar-refractivity contribution is 7.86. The molecule has 9 nitrogen and oxygen atoms in total. The third kappa shape index (κ3) is 3.97. The number of rotatable bonds is 7. The molecule has 0 aliphatic carbocycles. The van der Waals surface area contributed by atoms with Crippen LogP contribution in [0.3, 0.4) is 0 Å². The Balaban J connectivity index is 1.50. The van der Waals surface area contributed by atoms with Gasteiger partial charge in [-0.25, -0.2) is 4.98 Å². The molecule has 148 valence electrons. The zero-order valence-corrected chi connectivity index (χ0v) is 16.0. The zero-order valence-electron chi connectivity index (χ0n) is 15.2. The Kier molecular flexibility index (Phi) is 4.55. The molecule has 0 bridgehead atoms. The van der Waals surface area contributed by atoms with Gasteiger partial charge in [0.25, 0.3) is 10.9 Å². The van der Waals surface area contributed by atoms with Crippen LogP contribution in [0.5, 0.6) is 5.75 Å². The predicted octanol–water partition coefficient (Wildman–Crippen LogP) is 1.85. The predicted molar refractivity (Wildman–Crippen MR) is 110 cm³/mol. The van der Waals surface area contributed by atoms with Crippen LogP contribution in [-0.4, -0.2) is 24.6 Å². The summed E-state index contributed by atoms with van der Waals surface area (Å²) in [6.07, 6.45) is 2.53. The summed E-state index contributed by atoms with van der Waals surface area (Å²) in [5.41, 5.74) is 2.02. The normalized spacial score (nSPS) is 11.6. The van der Waals surface area contributed by atoms with Gasteiger partial charge in [0.1, 0.15) is 17.1 Å². The molecule has 0 aliphatic heterocycles. The number of nitrogens with one attached hydrogen (secondary N) is 3.